The number of methoxy groups -OCH3 is 2. The van der Waals surface area contributed by atoms with Gasteiger partial charge in [0.05, 0.1) is 26.1 Å². The lowest BCUT2D eigenvalue weighted by Crippen LogP contribution is -1.97. The zero-order valence-electron chi connectivity index (χ0n) is 11.2. The van der Waals surface area contributed by atoms with Crippen LogP contribution in [0.1, 0.15) is 16.2 Å². The number of ketones is 1. The van der Waals surface area contributed by atoms with Crippen LogP contribution >= 0.6 is 0 Å². The maximum atomic E-state index is 11.9. The van der Waals surface area contributed by atoms with Gasteiger partial charge in [-0.15, -0.1) is 0 Å². The average Bonchev–Trinajstić information content (AvgIpc) is 2.53. The SMILES string of the molecule is COc1cnc(/C=C/C(=O)c2ccccn2)cc1OC. The molecule has 0 atom stereocenters. The molecule has 0 fully saturated rings. The van der Waals surface area contributed by atoms with Crippen molar-refractivity contribution in [2.24, 2.45) is 0 Å². The van der Waals surface area contributed by atoms with Gasteiger partial charge in [0, 0.05) is 12.3 Å². The van der Waals surface area contributed by atoms with E-state index in [1.54, 1.807) is 57.0 Å². The highest BCUT2D eigenvalue weighted by Crippen LogP contribution is 2.26. The van der Waals surface area contributed by atoms with Crippen molar-refractivity contribution < 1.29 is 14.3 Å². The van der Waals surface area contributed by atoms with E-state index in [0.29, 0.717) is 22.9 Å². The molecule has 2 rings (SSSR count). The Morgan fingerprint density at radius 3 is 2.60 bits per heavy atom. The van der Waals surface area contributed by atoms with Crippen molar-refractivity contribution in [1.29, 1.82) is 0 Å². The number of hydrogen-bond donors (Lipinski definition) is 0. The number of hydrogen-bond acceptors (Lipinski definition) is 5. The molecule has 5 nitrogen and oxygen atoms in total. The largest absolute Gasteiger partial charge is 0.493 e. The van der Waals surface area contributed by atoms with E-state index in [4.69, 9.17) is 9.47 Å². The summed E-state index contributed by atoms with van der Waals surface area (Å²) in [5.41, 5.74) is 0.996. The van der Waals surface area contributed by atoms with Crippen molar-refractivity contribution in [2.45, 2.75) is 0 Å². The van der Waals surface area contributed by atoms with Crippen LogP contribution in [0.2, 0.25) is 0 Å². The second-order valence-corrected chi connectivity index (χ2v) is 3.88. The molecule has 0 saturated heterocycles. The minimum atomic E-state index is -0.179. The van der Waals surface area contributed by atoms with E-state index in [0.717, 1.165) is 0 Å². The molecule has 0 aliphatic heterocycles. The van der Waals surface area contributed by atoms with Crippen LogP contribution in [0, 0.1) is 0 Å². The molecule has 0 amide bonds. The van der Waals surface area contributed by atoms with Gasteiger partial charge in [0.2, 0.25) is 5.78 Å². The molecular weight excluding hydrogens is 256 g/mol. The number of rotatable bonds is 5. The van der Waals surface area contributed by atoms with E-state index in [2.05, 4.69) is 9.97 Å². The highest BCUT2D eigenvalue weighted by molar-refractivity contribution is 6.05. The molecule has 0 radical (unpaired) electrons. The van der Waals surface area contributed by atoms with Gasteiger partial charge < -0.3 is 9.47 Å². The molecule has 0 bridgehead atoms. The summed E-state index contributed by atoms with van der Waals surface area (Å²) < 4.78 is 10.3. The third kappa shape index (κ3) is 3.20. The van der Waals surface area contributed by atoms with Gasteiger partial charge in [0.15, 0.2) is 11.5 Å². The first-order chi connectivity index (χ1) is 9.74. The fraction of sp³-hybridized carbons (Fsp3) is 0.133. The van der Waals surface area contributed by atoms with E-state index in [9.17, 15) is 4.79 Å². The van der Waals surface area contributed by atoms with Gasteiger partial charge in [-0.05, 0) is 24.3 Å². The number of nitrogens with zero attached hydrogens (tertiary/aromatic N) is 2. The number of carbonyl (C=O) groups is 1. The summed E-state index contributed by atoms with van der Waals surface area (Å²) in [6.45, 7) is 0. The molecule has 5 heteroatoms. The van der Waals surface area contributed by atoms with Crippen molar-refractivity contribution in [3.63, 3.8) is 0 Å². The Kier molecular flexibility index (Phi) is 4.44. The van der Waals surface area contributed by atoms with Gasteiger partial charge in [-0.3, -0.25) is 14.8 Å². The van der Waals surface area contributed by atoms with Gasteiger partial charge in [-0.2, -0.15) is 0 Å². The van der Waals surface area contributed by atoms with Gasteiger partial charge in [-0.1, -0.05) is 6.07 Å². The van der Waals surface area contributed by atoms with Crippen molar-refractivity contribution in [3.8, 4) is 11.5 Å². The van der Waals surface area contributed by atoms with E-state index >= 15 is 0 Å². The van der Waals surface area contributed by atoms with Gasteiger partial charge in [0.25, 0.3) is 0 Å². The van der Waals surface area contributed by atoms with E-state index in [-0.39, 0.29) is 5.78 Å². The molecule has 0 N–H and O–H groups in total. The summed E-state index contributed by atoms with van der Waals surface area (Å²) in [5.74, 6) is 0.926. The minimum absolute atomic E-state index is 0.179. The van der Waals surface area contributed by atoms with Crippen LogP contribution in [0.3, 0.4) is 0 Å². The molecular formula is C15H14N2O3. The number of ether oxygens (including phenoxy) is 2. The predicted octanol–water partition coefficient (Wildman–Crippen LogP) is 2.39. The normalized spacial score (nSPS) is 10.5. The number of pyridine rings is 2. The lowest BCUT2D eigenvalue weighted by molar-refractivity contribution is 0.104. The summed E-state index contributed by atoms with van der Waals surface area (Å²) in [4.78, 5) is 20.0. The second kappa shape index (κ2) is 6.47. The van der Waals surface area contributed by atoms with E-state index < -0.39 is 0 Å². The molecule has 0 spiro atoms. The number of aromatic nitrogens is 2. The Labute approximate surface area is 116 Å². The lowest BCUT2D eigenvalue weighted by atomic mass is 10.2. The highest BCUT2D eigenvalue weighted by Gasteiger charge is 2.05. The van der Waals surface area contributed by atoms with Gasteiger partial charge in [-0.25, -0.2) is 0 Å². The summed E-state index contributed by atoms with van der Waals surface area (Å²) in [7, 11) is 3.09. The van der Waals surface area contributed by atoms with Crippen LogP contribution < -0.4 is 9.47 Å². The van der Waals surface area contributed by atoms with Gasteiger partial charge >= 0.3 is 0 Å². The summed E-state index contributed by atoms with van der Waals surface area (Å²) >= 11 is 0. The summed E-state index contributed by atoms with van der Waals surface area (Å²) in [6, 6.07) is 6.88. The number of carbonyl (C=O) groups excluding carboxylic acids is 1. The topological polar surface area (TPSA) is 61.3 Å². The van der Waals surface area contributed by atoms with E-state index in [1.807, 2.05) is 0 Å². The maximum Gasteiger partial charge on any atom is 0.204 e. The van der Waals surface area contributed by atoms with Crippen LogP contribution in [0.5, 0.6) is 11.5 Å². The van der Waals surface area contributed by atoms with Crippen LogP contribution in [-0.4, -0.2) is 30.0 Å². The van der Waals surface area contributed by atoms with E-state index in [1.165, 1.54) is 6.08 Å². The summed E-state index contributed by atoms with van der Waals surface area (Å²) in [6.07, 6.45) is 6.16. The zero-order valence-corrected chi connectivity index (χ0v) is 11.2. The standard InChI is InChI=1S/C15H14N2O3/c1-19-14-9-11(17-10-15(14)20-2)6-7-13(18)12-5-3-4-8-16-12/h3-10H,1-2H3/b7-6+. The Hall–Kier alpha value is -2.69. The Balaban J connectivity index is 2.17. The van der Waals surface area contributed by atoms with Crippen molar-refractivity contribution >= 4 is 11.9 Å². The molecule has 2 aromatic rings. The van der Waals surface area contributed by atoms with Crippen molar-refractivity contribution in [2.75, 3.05) is 14.2 Å². The van der Waals surface area contributed by atoms with Crippen LogP contribution in [0.4, 0.5) is 0 Å². The average molecular weight is 270 g/mol. The molecule has 0 aliphatic carbocycles. The molecule has 0 aromatic carbocycles. The van der Waals surface area contributed by atoms with Crippen molar-refractivity contribution in [3.05, 3.63) is 54.1 Å². The molecule has 102 valence electrons. The molecule has 0 unspecified atom stereocenters. The molecule has 0 aliphatic rings. The lowest BCUT2D eigenvalue weighted by Gasteiger charge is -2.06. The third-order valence-electron chi connectivity index (χ3n) is 2.62. The van der Waals surface area contributed by atoms with Gasteiger partial charge in [0.1, 0.15) is 5.69 Å². The Morgan fingerprint density at radius 1 is 1.15 bits per heavy atom. The fourth-order valence-corrected chi connectivity index (χ4v) is 1.60. The quantitative estimate of drug-likeness (QED) is 0.616. The summed E-state index contributed by atoms with van der Waals surface area (Å²) in [5, 5.41) is 0. The van der Waals surface area contributed by atoms with Crippen LogP contribution in [-0.2, 0) is 0 Å². The number of allylic oxidation sites excluding steroid dienone is 1. The smallest absolute Gasteiger partial charge is 0.204 e. The maximum absolute atomic E-state index is 11.9. The zero-order chi connectivity index (χ0) is 14.4. The predicted molar refractivity (Wildman–Crippen MR) is 74.9 cm³/mol. The van der Waals surface area contributed by atoms with Crippen molar-refractivity contribution in [1.82, 2.24) is 9.97 Å². The molecule has 2 heterocycles. The minimum Gasteiger partial charge on any atom is -0.493 e. The first-order valence-electron chi connectivity index (χ1n) is 5.96. The first kappa shape index (κ1) is 13.7. The van der Waals surface area contributed by atoms with Crippen LogP contribution in [0.15, 0.2) is 42.7 Å². The molecule has 0 saturated carbocycles. The fourth-order valence-electron chi connectivity index (χ4n) is 1.60. The second-order valence-electron chi connectivity index (χ2n) is 3.88. The Bertz CT molecular complexity index is 624. The van der Waals surface area contributed by atoms with Crippen LogP contribution in [0.25, 0.3) is 6.08 Å². The third-order valence-corrected chi connectivity index (χ3v) is 2.62. The highest BCUT2D eigenvalue weighted by atomic mass is 16.5. The first-order valence-corrected chi connectivity index (χ1v) is 5.96. The Morgan fingerprint density at radius 2 is 1.95 bits per heavy atom. The molecule has 20 heavy (non-hydrogen) atoms. The monoisotopic (exact) mass is 270 g/mol. The molecule has 2 aromatic heterocycles.